The summed E-state index contributed by atoms with van der Waals surface area (Å²) in [7, 11) is 2.96. The van der Waals surface area contributed by atoms with Gasteiger partial charge in [-0.15, -0.1) is 0 Å². The molecule has 0 amide bonds. The highest BCUT2D eigenvalue weighted by molar-refractivity contribution is 5.77. The van der Waals surface area contributed by atoms with E-state index in [2.05, 4.69) is 0 Å². The highest BCUT2D eigenvalue weighted by Gasteiger charge is 2.12. The minimum absolute atomic E-state index is 0.202. The van der Waals surface area contributed by atoms with Gasteiger partial charge in [-0.3, -0.25) is 4.79 Å². The second-order valence-electron chi connectivity index (χ2n) is 2.92. The minimum Gasteiger partial charge on any atom is -0.493 e. The Morgan fingerprint density at radius 3 is 2.25 bits per heavy atom. The first kappa shape index (κ1) is 12.1. The Morgan fingerprint density at radius 2 is 1.75 bits per heavy atom. The van der Waals surface area contributed by atoms with Gasteiger partial charge in [-0.05, 0) is 0 Å². The molecule has 6 heteroatoms. The molecule has 1 aromatic carbocycles. The van der Waals surface area contributed by atoms with Crippen LogP contribution >= 0.6 is 0 Å². The lowest BCUT2D eigenvalue weighted by Gasteiger charge is -2.11. The van der Waals surface area contributed by atoms with Gasteiger partial charge in [-0.2, -0.15) is 0 Å². The van der Waals surface area contributed by atoms with Gasteiger partial charge in [-0.1, -0.05) is 0 Å². The molecule has 6 nitrogen and oxygen atoms in total. The van der Waals surface area contributed by atoms with E-state index in [-0.39, 0.29) is 18.0 Å². The Bertz CT molecular complexity index is 393. The van der Waals surface area contributed by atoms with E-state index >= 15 is 0 Å². The van der Waals surface area contributed by atoms with Crippen molar-refractivity contribution in [1.29, 1.82) is 0 Å². The van der Waals surface area contributed by atoms with Gasteiger partial charge in [0.15, 0.2) is 17.2 Å². The molecule has 0 fully saturated rings. The van der Waals surface area contributed by atoms with Crippen molar-refractivity contribution < 1.29 is 19.0 Å². The number of nitrogens with two attached hydrogens (primary N) is 2. The van der Waals surface area contributed by atoms with Gasteiger partial charge in [0.25, 0.3) is 0 Å². The second-order valence-corrected chi connectivity index (χ2v) is 2.92. The fourth-order valence-electron chi connectivity index (χ4n) is 1.13. The predicted molar refractivity (Wildman–Crippen MR) is 58.6 cm³/mol. The van der Waals surface area contributed by atoms with Crippen molar-refractivity contribution in [2.45, 2.75) is 0 Å². The molecule has 0 aliphatic rings. The summed E-state index contributed by atoms with van der Waals surface area (Å²) in [6.07, 6.45) is 0. The average molecular weight is 226 g/mol. The molecular weight excluding hydrogens is 212 g/mol. The van der Waals surface area contributed by atoms with Crippen LogP contribution in [0.3, 0.4) is 0 Å². The van der Waals surface area contributed by atoms with Gasteiger partial charge in [0.1, 0.15) is 0 Å². The molecular formula is C10H14N2O4. The second kappa shape index (κ2) is 5.22. The van der Waals surface area contributed by atoms with Crippen LogP contribution in [0.5, 0.6) is 17.2 Å². The summed E-state index contributed by atoms with van der Waals surface area (Å²) >= 11 is 0. The average Bonchev–Trinajstić information content (AvgIpc) is 2.30. The van der Waals surface area contributed by atoms with Crippen LogP contribution in [0.25, 0.3) is 0 Å². The summed E-state index contributed by atoms with van der Waals surface area (Å²) in [6, 6.07) is 2.99. The number of hydrogen-bond acceptors (Lipinski definition) is 6. The van der Waals surface area contributed by atoms with E-state index < -0.39 is 5.97 Å². The van der Waals surface area contributed by atoms with E-state index in [1.54, 1.807) is 0 Å². The molecule has 0 saturated carbocycles. The lowest BCUT2D eigenvalue weighted by atomic mass is 10.2. The van der Waals surface area contributed by atoms with Gasteiger partial charge >= 0.3 is 5.97 Å². The zero-order valence-electron chi connectivity index (χ0n) is 9.15. The molecule has 0 bridgehead atoms. The van der Waals surface area contributed by atoms with Gasteiger partial charge in [0, 0.05) is 12.1 Å². The van der Waals surface area contributed by atoms with Crippen LogP contribution in [-0.2, 0) is 4.79 Å². The molecule has 0 spiro atoms. The van der Waals surface area contributed by atoms with Crippen LogP contribution in [-0.4, -0.2) is 26.7 Å². The maximum atomic E-state index is 11.0. The number of carbonyl (C=O) groups is 1. The first-order chi connectivity index (χ1) is 7.62. The van der Waals surface area contributed by atoms with Gasteiger partial charge < -0.3 is 25.7 Å². The van der Waals surface area contributed by atoms with Crippen molar-refractivity contribution in [3.05, 3.63) is 12.1 Å². The molecule has 0 aliphatic heterocycles. The Hall–Kier alpha value is -1.95. The Balaban J connectivity index is 3.06. The molecule has 0 aromatic heterocycles. The summed E-state index contributed by atoms with van der Waals surface area (Å²) in [5.41, 5.74) is 11.1. The molecule has 0 heterocycles. The fraction of sp³-hybridized carbons (Fsp3) is 0.300. The topological polar surface area (TPSA) is 96.8 Å². The summed E-state index contributed by atoms with van der Waals surface area (Å²) in [5.74, 6) is 0.524. The van der Waals surface area contributed by atoms with Crippen molar-refractivity contribution in [3.8, 4) is 17.2 Å². The molecule has 0 atom stereocenters. The number of esters is 1. The molecule has 0 aliphatic carbocycles. The number of hydrogen-bond donors (Lipinski definition) is 2. The van der Waals surface area contributed by atoms with E-state index in [1.165, 1.54) is 26.4 Å². The Kier molecular flexibility index (Phi) is 3.96. The van der Waals surface area contributed by atoms with Crippen LogP contribution in [0.2, 0.25) is 0 Å². The number of carbonyl (C=O) groups excluding carboxylic acids is 1. The SMILES string of the molecule is COc1cc(N)c(OC(=O)CN)cc1OC. The van der Waals surface area contributed by atoms with Crippen molar-refractivity contribution in [3.63, 3.8) is 0 Å². The summed E-state index contributed by atoms with van der Waals surface area (Å²) in [4.78, 5) is 11.0. The van der Waals surface area contributed by atoms with E-state index in [9.17, 15) is 4.79 Å². The summed E-state index contributed by atoms with van der Waals surface area (Å²) in [5, 5.41) is 0. The largest absolute Gasteiger partial charge is 0.493 e. The fourth-order valence-corrected chi connectivity index (χ4v) is 1.13. The van der Waals surface area contributed by atoms with Crippen LogP contribution in [0.1, 0.15) is 0 Å². The third-order valence-corrected chi connectivity index (χ3v) is 1.91. The van der Waals surface area contributed by atoms with Gasteiger partial charge in [-0.25, -0.2) is 0 Å². The van der Waals surface area contributed by atoms with Crippen LogP contribution in [0.4, 0.5) is 5.69 Å². The van der Waals surface area contributed by atoms with Gasteiger partial charge in [0.05, 0.1) is 26.5 Å². The van der Waals surface area contributed by atoms with Crippen LogP contribution in [0, 0.1) is 0 Å². The highest BCUT2D eigenvalue weighted by Crippen LogP contribution is 2.36. The Morgan fingerprint density at radius 1 is 1.19 bits per heavy atom. The number of rotatable bonds is 4. The summed E-state index contributed by atoms with van der Waals surface area (Å²) < 4.78 is 15.0. The third-order valence-electron chi connectivity index (χ3n) is 1.91. The number of benzene rings is 1. The monoisotopic (exact) mass is 226 g/mol. The molecule has 1 aromatic rings. The normalized spacial score (nSPS) is 9.69. The molecule has 0 saturated heterocycles. The van der Waals surface area contributed by atoms with Crippen molar-refractivity contribution in [1.82, 2.24) is 0 Å². The van der Waals surface area contributed by atoms with E-state index in [4.69, 9.17) is 25.7 Å². The third kappa shape index (κ3) is 2.54. The molecule has 88 valence electrons. The molecule has 0 radical (unpaired) electrons. The maximum Gasteiger partial charge on any atom is 0.325 e. The van der Waals surface area contributed by atoms with E-state index in [0.717, 1.165) is 0 Å². The van der Waals surface area contributed by atoms with Crippen LogP contribution < -0.4 is 25.7 Å². The number of nitrogen functional groups attached to an aromatic ring is 1. The zero-order chi connectivity index (χ0) is 12.1. The quantitative estimate of drug-likeness (QED) is 0.431. The molecule has 1 rings (SSSR count). The van der Waals surface area contributed by atoms with E-state index in [0.29, 0.717) is 11.5 Å². The number of methoxy groups -OCH3 is 2. The maximum absolute atomic E-state index is 11.0. The standard InChI is InChI=1S/C10H14N2O4/c1-14-8-3-6(12)7(4-9(8)15-2)16-10(13)5-11/h3-4H,5,11-12H2,1-2H3. The Labute approximate surface area is 93.1 Å². The smallest absolute Gasteiger partial charge is 0.325 e. The number of anilines is 1. The van der Waals surface area contributed by atoms with Gasteiger partial charge in [0.2, 0.25) is 0 Å². The lowest BCUT2D eigenvalue weighted by Crippen LogP contribution is -2.20. The van der Waals surface area contributed by atoms with Crippen LogP contribution in [0.15, 0.2) is 12.1 Å². The van der Waals surface area contributed by atoms with Crippen molar-refractivity contribution >= 4 is 11.7 Å². The predicted octanol–water partition coefficient (Wildman–Crippen LogP) is 0.150. The van der Waals surface area contributed by atoms with Crippen molar-refractivity contribution in [2.75, 3.05) is 26.5 Å². The summed E-state index contributed by atoms with van der Waals surface area (Å²) in [6.45, 7) is -0.214. The zero-order valence-corrected chi connectivity index (χ0v) is 9.15. The lowest BCUT2D eigenvalue weighted by molar-refractivity contribution is -0.132. The molecule has 0 unspecified atom stereocenters. The van der Waals surface area contributed by atoms with E-state index in [1.807, 2.05) is 0 Å². The highest BCUT2D eigenvalue weighted by atomic mass is 16.5. The number of ether oxygens (including phenoxy) is 3. The first-order valence-electron chi connectivity index (χ1n) is 4.54. The minimum atomic E-state index is -0.570. The first-order valence-corrected chi connectivity index (χ1v) is 4.54. The van der Waals surface area contributed by atoms with Crippen molar-refractivity contribution in [2.24, 2.45) is 5.73 Å². The molecule has 16 heavy (non-hydrogen) atoms. The molecule has 4 N–H and O–H groups in total.